The SMILES string of the molecule is O=c1cc(C(F)F)c(Br)c(S(=O)(=O)Cl)[nH]1. The minimum Gasteiger partial charge on any atom is -0.311 e. The van der Waals surface area contributed by atoms with Gasteiger partial charge in [0.25, 0.3) is 15.5 Å². The molecule has 84 valence electrons. The Balaban J connectivity index is 3.64. The Hall–Kier alpha value is -0.470. The van der Waals surface area contributed by atoms with Crippen molar-refractivity contribution in [3.63, 3.8) is 0 Å². The Morgan fingerprint density at radius 3 is 2.40 bits per heavy atom. The first-order valence-electron chi connectivity index (χ1n) is 3.39. The van der Waals surface area contributed by atoms with Gasteiger partial charge in [-0.3, -0.25) is 4.79 Å². The predicted molar refractivity (Wildman–Crippen MR) is 52.8 cm³/mol. The first-order valence-corrected chi connectivity index (χ1v) is 6.49. The van der Waals surface area contributed by atoms with E-state index in [-0.39, 0.29) is 0 Å². The fourth-order valence-electron chi connectivity index (χ4n) is 0.865. The molecule has 1 rings (SSSR count). The average molecular weight is 323 g/mol. The number of nitrogens with one attached hydrogen (secondary N) is 1. The molecule has 1 heterocycles. The number of hydrogen-bond acceptors (Lipinski definition) is 3. The van der Waals surface area contributed by atoms with Crippen molar-refractivity contribution in [1.29, 1.82) is 0 Å². The van der Waals surface area contributed by atoms with Crippen LogP contribution in [-0.4, -0.2) is 13.4 Å². The summed E-state index contributed by atoms with van der Waals surface area (Å²) in [5.41, 5.74) is -1.69. The number of rotatable bonds is 2. The van der Waals surface area contributed by atoms with Crippen molar-refractivity contribution in [2.75, 3.05) is 0 Å². The maximum atomic E-state index is 12.4. The van der Waals surface area contributed by atoms with E-state index in [0.29, 0.717) is 6.07 Å². The van der Waals surface area contributed by atoms with E-state index in [1.54, 1.807) is 0 Å². The molecule has 0 spiro atoms. The number of alkyl halides is 2. The van der Waals surface area contributed by atoms with Gasteiger partial charge in [-0.15, -0.1) is 0 Å². The zero-order valence-electron chi connectivity index (χ0n) is 6.80. The van der Waals surface area contributed by atoms with Crippen LogP contribution in [0.3, 0.4) is 0 Å². The summed E-state index contributed by atoms with van der Waals surface area (Å²) >= 11 is 2.64. The Morgan fingerprint density at radius 2 is 2.00 bits per heavy atom. The second-order valence-electron chi connectivity index (χ2n) is 2.47. The fraction of sp³-hybridized carbons (Fsp3) is 0.167. The molecule has 15 heavy (non-hydrogen) atoms. The van der Waals surface area contributed by atoms with Crippen LogP contribution in [0.15, 0.2) is 20.4 Å². The molecule has 9 heteroatoms. The highest BCUT2D eigenvalue weighted by Gasteiger charge is 2.22. The molecule has 0 saturated heterocycles. The highest BCUT2D eigenvalue weighted by atomic mass is 79.9. The van der Waals surface area contributed by atoms with E-state index >= 15 is 0 Å². The van der Waals surface area contributed by atoms with Crippen LogP contribution in [-0.2, 0) is 9.05 Å². The normalized spacial score (nSPS) is 12.1. The zero-order chi connectivity index (χ0) is 11.8. The predicted octanol–water partition coefficient (Wildman–Crippen LogP) is 2.00. The molecular formula is C6H3BrClF2NO3S. The largest absolute Gasteiger partial charge is 0.311 e. The summed E-state index contributed by atoms with van der Waals surface area (Å²) in [6.07, 6.45) is -2.97. The summed E-state index contributed by atoms with van der Waals surface area (Å²) in [5, 5.41) is -0.771. The standard InChI is InChI=1S/C6H3BrClF2NO3S/c7-4-2(5(9)10)1-3(12)11-6(4)15(8,13)14/h1,5H,(H,11,12). The van der Waals surface area contributed by atoms with Gasteiger partial charge in [0.1, 0.15) is 0 Å². The van der Waals surface area contributed by atoms with Gasteiger partial charge in [0.05, 0.1) is 4.47 Å². The lowest BCUT2D eigenvalue weighted by molar-refractivity contribution is 0.150. The van der Waals surface area contributed by atoms with Crippen LogP contribution >= 0.6 is 26.6 Å². The molecule has 0 aliphatic rings. The Bertz CT molecular complexity index is 542. The average Bonchev–Trinajstić information content (AvgIpc) is 2.06. The molecule has 4 nitrogen and oxygen atoms in total. The van der Waals surface area contributed by atoms with E-state index < -0.39 is 36.1 Å². The summed E-state index contributed by atoms with van der Waals surface area (Å²) in [7, 11) is 0.664. The van der Waals surface area contributed by atoms with Crippen LogP contribution in [0.1, 0.15) is 12.0 Å². The summed E-state index contributed by atoms with van der Waals surface area (Å²) in [6.45, 7) is 0. The van der Waals surface area contributed by atoms with Crippen molar-refractivity contribution in [3.05, 3.63) is 26.5 Å². The van der Waals surface area contributed by atoms with E-state index in [9.17, 15) is 22.0 Å². The van der Waals surface area contributed by atoms with E-state index in [1.165, 1.54) is 0 Å². The number of aromatic nitrogens is 1. The van der Waals surface area contributed by atoms with Crippen molar-refractivity contribution in [3.8, 4) is 0 Å². The first-order chi connectivity index (χ1) is 6.73. The maximum Gasteiger partial charge on any atom is 0.277 e. The third kappa shape index (κ3) is 2.76. The quantitative estimate of drug-likeness (QED) is 0.847. The highest BCUT2D eigenvalue weighted by Crippen LogP contribution is 2.31. The van der Waals surface area contributed by atoms with Crippen LogP contribution in [0.4, 0.5) is 8.78 Å². The number of H-pyrrole nitrogens is 1. The van der Waals surface area contributed by atoms with Gasteiger partial charge < -0.3 is 4.98 Å². The summed E-state index contributed by atoms with van der Waals surface area (Å²) in [4.78, 5) is 12.7. The van der Waals surface area contributed by atoms with Crippen molar-refractivity contribution in [2.24, 2.45) is 0 Å². The van der Waals surface area contributed by atoms with Gasteiger partial charge >= 0.3 is 0 Å². The van der Waals surface area contributed by atoms with Crippen LogP contribution in [0.2, 0.25) is 0 Å². The molecule has 0 bridgehead atoms. The molecule has 1 aromatic rings. The molecule has 0 unspecified atom stereocenters. The number of aromatic amines is 1. The topological polar surface area (TPSA) is 67.0 Å². The van der Waals surface area contributed by atoms with Crippen molar-refractivity contribution in [1.82, 2.24) is 4.98 Å². The Morgan fingerprint density at radius 1 is 1.47 bits per heavy atom. The molecular weight excluding hydrogens is 319 g/mol. The van der Waals surface area contributed by atoms with Crippen molar-refractivity contribution in [2.45, 2.75) is 11.5 Å². The van der Waals surface area contributed by atoms with Gasteiger partial charge in [0.15, 0.2) is 5.03 Å². The molecule has 0 saturated carbocycles. The van der Waals surface area contributed by atoms with Gasteiger partial charge in [-0.25, -0.2) is 17.2 Å². The van der Waals surface area contributed by atoms with E-state index in [2.05, 4.69) is 15.9 Å². The highest BCUT2D eigenvalue weighted by molar-refractivity contribution is 9.10. The molecule has 0 atom stereocenters. The molecule has 0 aliphatic carbocycles. The van der Waals surface area contributed by atoms with Crippen LogP contribution in [0, 0.1) is 0 Å². The van der Waals surface area contributed by atoms with Crippen LogP contribution in [0.5, 0.6) is 0 Å². The summed E-state index contributed by atoms with van der Waals surface area (Å²) < 4.78 is 46.1. The smallest absolute Gasteiger partial charge is 0.277 e. The minimum absolute atomic E-state index is 0.438. The zero-order valence-corrected chi connectivity index (χ0v) is 9.96. The first kappa shape index (κ1) is 12.6. The second kappa shape index (κ2) is 4.18. The molecule has 0 aromatic carbocycles. The second-order valence-corrected chi connectivity index (χ2v) is 5.77. The number of hydrogen-bond donors (Lipinski definition) is 1. The summed E-state index contributed by atoms with van der Waals surface area (Å²) in [5.74, 6) is 0. The van der Waals surface area contributed by atoms with Gasteiger partial charge in [-0.2, -0.15) is 0 Å². The third-order valence-electron chi connectivity index (χ3n) is 1.46. The van der Waals surface area contributed by atoms with Gasteiger partial charge in [-0.05, 0) is 15.9 Å². The van der Waals surface area contributed by atoms with E-state index in [0.717, 1.165) is 0 Å². The van der Waals surface area contributed by atoms with Crippen LogP contribution < -0.4 is 5.56 Å². The van der Waals surface area contributed by atoms with Crippen LogP contribution in [0.25, 0.3) is 0 Å². The minimum atomic E-state index is -4.28. The van der Waals surface area contributed by atoms with Gasteiger partial charge in [0.2, 0.25) is 5.56 Å². The monoisotopic (exact) mass is 321 g/mol. The lowest BCUT2D eigenvalue weighted by Gasteiger charge is -2.05. The third-order valence-corrected chi connectivity index (χ3v) is 3.83. The lowest BCUT2D eigenvalue weighted by atomic mass is 10.3. The maximum absolute atomic E-state index is 12.4. The van der Waals surface area contributed by atoms with Gasteiger partial charge in [0, 0.05) is 22.3 Å². The number of pyridine rings is 1. The van der Waals surface area contributed by atoms with E-state index in [4.69, 9.17) is 10.7 Å². The summed E-state index contributed by atoms with van der Waals surface area (Å²) in [6, 6.07) is 0.598. The number of halogens is 4. The fourth-order valence-corrected chi connectivity index (χ4v) is 3.07. The molecule has 0 amide bonds. The Kier molecular flexibility index (Phi) is 3.51. The lowest BCUT2D eigenvalue weighted by Crippen LogP contribution is -2.12. The molecule has 0 radical (unpaired) electrons. The molecule has 0 aliphatic heterocycles. The Labute approximate surface area is 95.8 Å². The molecule has 1 N–H and O–H groups in total. The molecule has 1 aromatic heterocycles. The van der Waals surface area contributed by atoms with Crippen molar-refractivity contribution >= 4 is 35.7 Å². The molecule has 0 fully saturated rings. The van der Waals surface area contributed by atoms with Gasteiger partial charge in [-0.1, -0.05) is 0 Å². The van der Waals surface area contributed by atoms with Crippen molar-refractivity contribution < 1.29 is 17.2 Å². The van der Waals surface area contributed by atoms with E-state index in [1.807, 2.05) is 4.98 Å².